The molecule has 0 saturated heterocycles. The molecule has 19 heavy (non-hydrogen) atoms. The van der Waals surface area contributed by atoms with Gasteiger partial charge in [0.05, 0.1) is 17.6 Å². The van der Waals surface area contributed by atoms with E-state index < -0.39 is 0 Å². The van der Waals surface area contributed by atoms with Crippen LogP contribution in [0, 0.1) is 0 Å². The molecule has 0 aliphatic carbocycles. The molecule has 0 bridgehead atoms. The molecule has 0 radical (unpaired) electrons. The predicted molar refractivity (Wildman–Crippen MR) is 76.1 cm³/mol. The third kappa shape index (κ3) is 3.13. The van der Waals surface area contributed by atoms with Crippen LogP contribution >= 0.6 is 15.9 Å². The first-order valence-electron chi connectivity index (χ1n) is 6.06. The van der Waals surface area contributed by atoms with E-state index in [1.165, 1.54) is 0 Å². The monoisotopic (exact) mass is 325 g/mol. The normalized spacial score (nSPS) is 12.4. The molecule has 1 unspecified atom stereocenters. The van der Waals surface area contributed by atoms with Gasteiger partial charge in [0, 0.05) is 5.56 Å². The summed E-state index contributed by atoms with van der Waals surface area (Å²) in [6.45, 7) is 4.88. The quantitative estimate of drug-likeness (QED) is 0.914. The van der Waals surface area contributed by atoms with Crippen LogP contribution in [0.15, 0.2) is 27.1 Å². The SMILES string of the molecule is CCNC(C)c1nnc(-c2ccc(OC)c(Br)c2)o1. The van der Waals surface area contributed by atoms with Crippen molar-refractivity contribution in [2.75, 3.05) is 13.7 Å². The van der Waals surface area contributed by atoms with E-state index in [4.69, 9.17) is 9.15 Å². The average molecular weight is 326 g/mol. The second kappa shape index (κ2) is 6.16. The van der Waals surface area contributed by atoms with E-state index in [0.29, 0.717) is 11.8 Å². The van der Waals surface area contributed by atoms with Gasteiger partial charge in [-0.05, 0) is 47.6 Å². The lowest BCUT2D eigenvalue weighted by Crippen LogP contribution is -2.17. The molecule has 1 atom stereocenters. The van der Waals surface area contributed by atoms with Crippen molar-refractivity contribution < 1.29 is 9.15 Å². The zero-order valence-electron chi connectivity index (χ0n) is 11.1. The van der Waals surface area contributed by atoms with Crippen LogP contribution < -0.4 is 10.1 Å². The summed E-state index contributed by atoms with van der Waals surface area (Å²) < 4.78 is 11.7. The molecule has 5 nitrogen and oxygen atoms in total. The molecule has 0 spiro atoms. The summed E-state index contributed by atoms with van der Waals surface area (Å²) in [5.41, 5.74) is 0.857. The van der Waals surface area contributed by atoms with E-state index in [-0.39, 0.29) is 6.04 Å². The molecule has 6 heteroatoms. The van der Waals surface area contributed by atoms with Crippen LogP contribution in [0.1, 0.15) is 25.8 Å². The Bertz CT molecular complexity index is 557. The van der Waals surface area contributed by atoms with Gasteiger partial charge in [-0.25, -0.2) is 0 Å². The van der Waals surface area contributed by atoms with Crippen LogP contribution in [0.4, 0.5) is 0 Å². The van der Waals surface area contributed by atoms with Gasteiger partial charge in [0.2, 0.25) is 11.8 Å². The number of hydrogen-bond acceptors (Lipinski definition) is 5. The molecule has 0 fully saturated rings. The molecular weight excluding hydrogens is 310 g/mol. The van der Waals surface area contributed by atoms with Crippen molar-refractivity contribution in [1.29, 1.82) is 0 Å². The van der Waals surface area contributed by atoms with E-state index in [9.17, 15) is 0 Å². The van der Waals surface area contributed by atoms with Crippen molar-refractivity contribution in [2.45, 2.75) is 19.9 Å². The number of ether oxygens (including phenoxy) is 1. The largest absolute Gasteiger partial charge is 0.496 e. The Kier molecular flexibility index (Phi) is 4.55. The van der Waals surface area contributed by atoms with Crippen LogP contribution in [-0.2, 0) is 0 Å². The number of methoxy groups -OCH3 is 1. The molecule has 1 aromatic carbocycles. The van der Waals surface area contributed by atoms with Gasteiger partial charge in [0.15, 0.2) is 0 Å². The van der Waals surface area contributed by atoms with Crippen LogP contribution in [0.3, 0.4) is 0 Å². The van der Waals surface area contributed by atoms with Gasteiger partial charge in [-0.2, -0.15) is 0 Å². The zero-order chi connectivity index (χ0) is 13.8. The van der Waals surface area contributed by atoms with E-state index in [1.807, 2.05) is 32.0 Å². The number of hydrogen-bond donors (Lipinski definition) is 1. The van der Waals surface area contributed by atoms with Crippen molar-refractivity contribution in [3.63, 3.8) is 0 Å². The number of aromatic nitrogens is 2. The molecule has 0 aliphatic rings. The number of nitrogens with zero attached hydrogens (tertiary/aromatic N) is 2. The second-order valence-electron chi connectivity index (χ2n) is 4.07. The van der Waals surface area contributed by atoms with Crippen molar-refractivity contribution in [3.8, 4) is 17.2 Å². The van der Waals surface area contributed by atoms with E-state index in [1.54, 1.807) is 7.11 Å². The maximum Gasteiger partial charge on any atom is 0.247 e. The molecule has 1 aromatic heterocycles. The number of rotatable bonds is 5. The van der Waals surface area contributed by atoms with Gasteiger partial charge in [-0.15, -0.1) is 10.2 Å². The Morgan fingerprint density at radius 1 is 1.42 bits per heavy atom. The van der Waals surface area contributed by atoms with E-state index in [0.717, 1.165) is 22.3 Å². The topological polar surface area (TPSA) is 60.2 Å². The number of benzene rings is 1. The average Bonchev–Trinajstić information content (AvgIpc) is 2.88. The highest BCUT2D eigenvalue weighted by atomic mass is 79.9. The highest BCUT2D eigenvalue weighted by molar-refractivity contribution is 9.10. The minimum absolute atomic E-state index is 0.0490. The lowest BCUT2D eigenvalue weighted by molar-refractivity contribution is 0.412. The van der Waals surface area contributed by atoms with Gasteiger partial charge in [0.1, 0.15) is 5.75 Å². The van der Waals surface area contributed by atoms with Gasteiger partial charge in [0.25, 0.3) is 0 Å². The fourth-order valence-electron chi connectivity index (χ4n) is 1.72. The minimum Gasteiger partial charge on any atom is -0.496 e. The first-order valence-corrected chi connectivity index (χ1v) is 6.85. The summed E-state index contributed by atoms with van der Waals surface area (Å²) in [4.78, 5) is 0. The van der Waals surface area contributed by atoms with Crippen molar-refractivity contribution >= 4 is 15.9 Å². The lowest BCUT2D eigenvalue weighted by atomic mass is 10.2. The summed E-state index contributed by atoms with van der Waals surface area (Å²) >= 11 is 3.44. The van der Waals surface area contributed by atoms with Gasteiger partial charge >= 0.3 is 0 Å². The van der Waals surface area contributed by atoms with Crippen molar-refractivity contribution in [2.24, 2.45) is 0 Å². The summed E-state index contributed by atoms with van der Waals surface area (Å²) in [7, 11) is 1.63. The third-order valence-electron chi connectivity index (χ3n) is 2.72. The fraction of sp³-hybridized carbons (Fsp3) is 0.385. The third-order valence-corrected chi connectivity index (χ3v) is 3.34. The zero-order valence-corrected chi connectivity index (χ0v) is 12.7. The Morgan fingerprint density at radius 2 is 2.21 bits per heavy atom. The van der Waals surface area contributed by atoms with Crippen molar-refractivity contribution in [3.05, 3.63) is 28.6 Å². The summed E-state index contributed by atoms with van der Waals surface area (Å²) in [6, 6.07) is 5.69. The Labute approximate surface area is 120 Å². The van der Waals surface area contributed by atoms with E-state index in [2.05, 4.69) is 31.4 Å². The first-order chi connectivity index (χ1) is 9.15. The van der Waals surface area contributed by atoms with Crippen LogP contribution in [0.25, 0.3) is 11.5 Å². The van der Waals surface area contributed by atoms with Gasteiger partial charge in [-0.3, -0.25) is 0 Å². The van der Waals surface area contributed by atoms with Crippen LogP contribution in [0.5, 0.6) is 5.75 Å². The highest BCUT2D eigenvalue weighted by Gasteiger charge is 2.14. The molecule has 2 aromatic rings. The second-order valence-corrected chi connectivity index (χ2v) is 4.93. The highest BCUT2D eigenvalue weighted by Crippen LogP contribution is 2.30. The molecule has 1 N–H and O–H groups in total. The van der Waals surface area contributed by atoms with Gasteiger partial charge < -0.3 is 14.5 Å². The summed E-state index contributed by atoms with van der Waals surface area (Å²) in [5.74, 6) is 1.86. The maximum absolute atomic E-state index is 5.67. The molecule has 0 amide bonds. The molecule has 0 aliphatic heterocycles. The summed E-state index contributed by atoms with van der Waals surface area (Å²) in [6.07, 6.45) is 0. The van der Waals surface area contributed by atoms with Gasteiger partial charge in [-0.1, -0.05) is 6.92 Å². The Hall–Kier alpha value is -1.40. The fourth-order valence-corrected chi connectivity index (χ4v) is 2.26. The minimum atomic E-state index is 0.0490. The lowest BCUT2D eigenvalue weighted by Gasteiger charge is -2.06. The number of nitrogens with one attached hydrogen (secondary N) is 1. The Balaban J connectivity index is 2.25. The first kappa shape index (κ1) is 14.0. The standard InChI is InChI=1S/C13H16BrN3O2/c1-4-15-8(2)12-16-17-13(19-12)9-5-6-11(18-3)10(14)7-9/h5-8,15H,4H2,1-3H3. The Morgan fingerprint density at radius 3 is 2.84 bits per heavy atom. The molecule has 2 rings (SSSR count). The van der Waals surface area contributed by atoms with Crippen molar-refractivity contribution in [1.82, 2.24) is 15.5 Å². The molecular formula is C13H16BrN3O2. The van der Waals surface area contributed by atoms with Crippen LogP contribution in [-0.4, -0.2) is 23.9 Å². The smallest absolute Gasteiger partial charge is 0.247 e. The summed E-state index contributed by atoms with van der Waals surface area (Å²) in [5, 5.41) is 11.4. The molecule has 102 valence electrons. The predicted octanol–water partition coefficient (Wildman–Crippen LogP) is 3.18. The molecule has 1 heterocycles. The van der Waals surface area contributed by atoms with E-state index >= 15 is 0 Å². The molecule has 0 saturated carbocycles. The number of halogens is 1. The van der Waals surface area contributed by atoms with Crippen LogP contribution in [0.2, 0.25) is 0 Å². The maximum atomic E-state index is 5.67.